The third-order valence-electron chi connectivity index (χ3n) is 3.09. The van der Waals surface area contributed by atoms with E-state index < -0.39 is 0 Å². The summed E-state index contributed by atoms with van der Waals surface area (Å²) in [6, 6.07) is 8.29. The van der Waals surface area contributed by atoms with Crippen molar-refractivity contribution in [3.05, 3.63) is 58.0 Å². The van der Waals surface area contributed by atoms with Gasteiger partial charge in [0, 0.05) is 23.7 Å². The van der Waals surface area contributed by atoms with Gasteiger partial charge in [-0.1, -0.05) is 11.6 Å². The third kappa shape index (κ3) is 4.11. The van der Waals surface area contributed by atoms with Crippen LogP contribution in [0.3, 0.4) is 0 Å². The number of carbonyl (C=O) groups is 2. The standard InChI is InChI=1S/C16H17ClN2O3/c1-10-9-14(11(2)22-10)16(21)19-8-7-18-15(20)12-3-5-13(17)6-4-12/h3-6,9H,7-8H2,1-2H3,(H,18,20)(H,19,21). The van der Waals surface area contributed by atoms with Crippen molar-refractivity contribution in [2.45, 2.75) is 13.8 Å². The number of halogens is 1. The smallest absolute Gasteiger partial charge is 0.254 e. The molecule has 0 aliphatic carbocycles. The molecule has 0 aliphatic heterocycles. The van der Waals surface area contributed by atoms with Crippen LogP contribution in [0.15, 0.2) is 34.7 Å². The second-order valence-corrected chi connectivity index (χ2v) is 5.28. The quantitative estimate of drug-likeness (QED) is 0.832. The zero-order valence-corrected chi connectivity index (χ0v) is 13.2. The fraction of sp³-hybridized carbons (Fsp3) is 0.250. The molecule has 1 aromatic carbocycles. The Kier molecular flexibility index (Phi) is 5.22. The molecule has 0 aliphatic rings. The summed E-state index contributed by atoms with van der Waals surface area (Å²) in [6.45, 7) is 4.20. The van der Waals surface area contributed by atoms with Gasteiger partial charge in [-0.25, -0.2) is 0 Å². The molecule has 0 atom stereocenters. The normalized spacial score (nSPS) is 10.3. The molecule has 22 heavy (non-hydrogen) atoms. The molecular weight excluding hydrogens is 304 g/mol. The van der Waals surface area contributed by atoms with E-state index in [1.807, 2.05) is 0 Å². The summed E-state index contributed by atoms with van der Waals surface area (Å²) in [5.74, 6) is 0.857. The van der Waals surface area contributed by atoms with Crippen molar-refractivity contribution in [3.63, 3.8) is 0 Å². The first kappa shape index (κ1) is 16.1. The SMILES string of the molecule is Cc1cc(C(=O)NCCNC(=O)c2ccc(Cl)cc2)c(C)o1. The van der Waals surface area contributed by atoms with Crippen LogP contribution in [-0.4, -0.2) is 24.9 Å². The van der Waals surface area contributed by atoms with Crippen LogP contribution in [0.5, 0.6) is 0 Å². The van der Waals surface area contributed by atoms with Gasteiger partial charge in [0.05, 0.1) is 5.56 Å². The van der Waals surface area contributed by atoms with Crippen LogP contribution < -0.4 is 10.6 Å². The Bertz CT molecular complexity index is 677. The van der Waals surface area contributed by atoms with E-state index in [-0.39, 0.29) is 11.8 Å². The Morgan fingerprint density at radius 1 is 1.05 bits per heavy atom. The zero-order chi connectivity index (χ0) is 16.1. The van der Waals surface area contributed by atoms with Crippen LogP contribution in [0.25, 0.3) is 0 Å². The molecule has 0 saturated heterocycles. The van der Waals surface area contributed by atoms with Gasteiger partial charge in [-0.3, -0.25) is 9.59 Å². The van der Waals surface area contributed by atoms with Crippen molar-refractivity contribution in [1.82, 2.24) is 10.6 Å². The van der Waals surface area contributed by atoms with E-state index in [2.05, 4.69) is 10.6 Å². The third-order valence-corrected chi connectivity index (χ3v) is 3.34. The Morgan fingerprint density at radius 3 is 2.18 bits per heavy atom. The summed E-state index contributed by atoms with van der Waals surface area (Å²) in [5, 5.41) is 6.04. The molecule has 0 radical (unpaired) electrons. The van der Waals surface area contributed by atoms with Crippen LogP contribution in [0.2, 0.25) is 5.02 Å². The number of carbonyl (C=O) groups excluding carboxylic acids is 2. The predicted octanol–water partition coefficient (Wildman–Crippen LogP) is 2.71. The van der Waals surface area contributed by atoms with Crippen molar-refractivity contribution in [2.24, 2.45) is 0 Å². The predicted molar refractivity (Wildman–Crippen MR) is 84.3 cm³/mol. The van der Waals surface area contributed by atoms with Gasteiger partial charge in [0.15, 0.2) is 0 Å². The van der Waals surface area contributed by atoms with Gasteiger partial charge in [-0.15, -0.1) is 0 Å². The lowest BCUT2D eigenvalue weighted by Gasteiger charge is -2.07. The van der Waals surface area contributed by atoms with Gasteiger partial charge in [0.25, 0.3) is 11.8 Å². The molecule has 1 heterocycles. The minimum absolute atomic E-state index is 0.207. The maximum atomic E-state index is 11.9. The lowest BCUT2D eigenvalue weighted by Crippen LogP contribution is -2.34. The number of benzene rings is 1. The molecule has 116 valence electrons. The highest BCUT2D eigenvalue weighted by atomic mass is 35.5. The summed E-state index contributed by atoms with van der Waals surface area (Å²) in [7, 11) is 0. The number of aryl methyl sites for hydroxylation is 2. The molecule has 0 saturated carbocycles. The van der Waals surface area contributed by atoms with Crippen molar-refractivity contribution in [1.29, 1.82) is 0 Å². The van der Waals surface area contributed by atoms with Crippen LogP contribution in [-0.2, 0) is 0 Å². The minimum Gasteiger partial charge on any atom is -0.466 e. The Labute approximate surface area is 133 Å². The first-order valence-electron chi connectivity index (χ1n) is 6.86. The van der Waals surface area contributed by atoms with E-state index in [0.717, 1.165) is 0 Å². The van der Waals surface area contributed by atoms with Crippen LogP contribution >= 0.6 is 11.6 Å². The van der Waals surface area contributed by atoms with Gasteiger partial charge >= 0.3 is 0 Å². The van der Waals surface area contributed by atoms with Gasteiger partial charge in [0.2, 0.25) is 0 Å². The first-order chi connectivity index (χ1) is 10.5. The maximum absolute atomic E-state index is 11.9. The van der Waals surface area contributed by atoms with Gasteiger partial charge in [-0.2, -0.15) is 0 Å². The molecule has 6 heteroatoms. The fourth-order valence-corrected chi connectivity index (χ4v) is 2.13. The van der Waals surface area contributed by atoms with Crippen LogP contribution in [0.4, 0.5) is 0 Å². The highest BCUT2D eigenvalue weighted by Gasteiger charge is 2.12. The van der Waals surface area contributed by atoms with E-state index >= 15 is 0 Å². The van der Waals surface area contributed by atoms with Crippen molar-refractivity contribution < 1.29 is 14.0 Å². The molecule has 2 amide bonds. The number of amides is 2. The Hall–Kier alpha value is -2.27. The lowest BCUT2D eigenvalue weighted by atomic mass is 10.2. The average molecular weight is 321 g/mol. The first-order valence-corrected chi connectivity index (χ1v) is 7.24. The monoisotopic (exact) mass is 320 g/mol. The highest BCUT2D eigenvalue weighted by molar-refractivity contribution is 6.30. The average Bonchev–Trinajstić information content (AvgIpc) is 2.82. The Balaban J connectivity index is 1.77. The molecule has 0 unspecified atom stereocenters. The summed E-state index contributed by atoms with van der Waals surface area (Å²) in [4.78, 5) is 23.8. The topological polar surface area (TPSA) is 71.3 Å². The number of hydrogen-bond donors (Lipinski definition) is 2. The van der Waals surface area contributed by atoms with E-state index in [4.69, 9.17) is 16.0 Å². The summed E-state index contributed by atoms with van der Waals surface area (Å²) >= 11 is 5.76. The number of nitrogens with one attached hydrogen (secondary N) is 2. The Morgan fingerprint density at radius 2 is 1.64 bits per heavy atom. The van der Waals surface area contributed by atoms with Crippen molar-refractivity contribution in [3.8, 4) is 0 Å². The second kappa shape index (κ2) is 7.13. The summed E-state index contributed by atoms with van der Waals surface area (Å²) in [6.07, 6.45) is 0. The molecule has 0 spiro atoms. The number of hydrogen-bond acceptors (Lipinski definition) is 3. The van der Waals surface area contributed by atoms with Gasteiger partial charge < -0.3 is 15.1 Å². The second-order valence-electron chi connectivity index (χ2n) is 4.85. The molecule has 0 fully saturated rings. The van der Waals surface area contributed by atoms with Gasteiger partial charge in [-0.05, 0) is 44.2 Å². The number of rotatable bonds is 5. The zero-order valence-electron chi connectivity index (χ0n) is 12.4. The summed E-state index contributed by atoms with van der Waals surface area (Å²) < 4.78 is 5.31. The van der Waals surface area contributed by atoms with E-state index in [1.165, 1.54) is 0 Å². The van der Waals surface area contributed by atoms with Crippen molar-refractivity contribution in [2.75, 3.05) is 13.1 Å². The lowest BCUT2D eigenvalue weighted by molar-refractivity contribution is 0.0927. The van der Waals surface area contributed by atoms with E-state index in [9.17, 15) is 9.59 Å². The molecular formula is C16H17ClN2O3. The highest BCUT2D eigenvalue weighted by Crippen LogP contribution is 2.13. The van der Waals surface area contributed by atoms with Crippen molar-refractivity contribution >= 4 is 23.4 Å². The van der Waals surface area contributed by atoms with Gasteiger partial charge in [0.1, 0.15) is 11.5 Å². The molecule has 0 bridgehead atoms. The molecule has 2 aromatic rings. The van der Waals surface area contributed by atoms with Crippen LogP contribution in [0, 0.1) is 13.8 Å². The molecule has 5 nitrogen and oxygen atoms in total. The maximum Gasteiger partial charge on any atom is 0.254 e. The number of furan rings is 1. The minimum atomic E-state index is -0.213. The van der Waals surface area contributed by atoms with E-state index in [1.54, 1.807) is 44.2 Å². The molecule has 2 N–H and O–H groups in total. The summed E-state index contributed by atoms with van der Waals surface area (Å²) in [5.41, 5.74) is 1.04. The van der Waals surface area contributed by atoms with Crippen LogP contribution in [0.1, 0.15) is 32.2 Å². The largest absolute Gasteiger partial charge is 0.466 e. The van der Waals surface area contributed by atoms with E-state index in [0.29, 0.717) is 40.8 Å². The fourth-order valence-electron chi connectivity index (χ4n) is 2.01. The molecule has 1 aromatic heterocycles. The molecule has 2 rings (SSSR count).